The molecule has 5 heteroatoms. The van der Waals surface area contributed by atoms with Gasteiger partial charge in [0.2, 0.25) is 5.91 Å². The van der Waals surface area contributed by atoms with Gasteiger partial charge in [-0.05, 0) is 0 Å². The molecule has 0 fully saturated rings. The number of hydrogen-bond acceptors (Lipinski definition) is 3. The Balaban J connectivity index is 4.14. The smallest absolute Gasteiger partial charge is 0.330 e. The first-order valence-corrected chi connectivity index (χ1v) is 3.44. The Morgan fingerprint density at radius 1 is 1.67 bits per heavy atom. The van der Waals surface area contributed by atoms with E-state index in [-0.39, 0.29) is 12.5 Å². The highest BCUT2D eigenvalue weighted by Crippen LogP contribution is 1.86. The van der Waals surface area contributed by atoms with Gasteiger partial charge in [0.05, 0.1) is 0 Å². The number of rotatable bonds is 4. The summed E-state index contributed by atoms with van der Waals surface area (Å²) in [5, 5.41) is 10.8. The van der Waals surface area contributed by atoms with Crippen LogP contribution in [0.2, 0.25) is 0 Å². The van der Waals surface area contributed by atoms with Gasteiger partial charge in [-0.25, -0.2) is 4.79 Å². The minimum atomic E-state index is -1.10. The highest BCUT2D eigenvalue weighted by molar-refractivity contribution is 5.83. The van der Waals surface area contributed by atoms with Crippen molar-refractivity contribution >= 4 is 11.9 Å². The van der Waals surface area contributed by atoms with Gasteiger partial charge in [0.1, 0.15) is 6.04 Å². The maximum absolute atomic E-state index is 10.5. The Labute approximate surface area is 70.2 Å². The van der Waals surface area contributed by atoms with E-state index in [1.807, 2.05) is 0 Å². The molecule has 0 aromatic carbocycles. The Bertz CT molecular complexity index is 201. The van der Waals surface area contributed by atoms with Crippen molar-refractivity contribution in [2.75, 3.05) is 6.54 Å². The zero-order valence-electron chi connectivity index (χ0n) is 6.78. The molecule has 1 amide bonds. The molecule has 0 aliphatic rings. The minimum absolute atomic E-state index is 0.253. The summed E-state index contributed by atoms with van der Waals surface area (Å²) in [5.74, 6) is -1.49. The number of carbonyl (C=O) groups is 2. The molecule has 68 valence electrons. The van der Waals surface area contributed by atoms with Gasteiger partial charge in [-0.3, -0.25) is 4.79 Å². The molecule has 0 aliphatic heterocycles. The fourth-order valence-electron chi connectivity index (χ4n) is 0.626. The predicted octanol–water partition coefficient (Wildman–Crippen LogP) is -0.909. The molecule has 0 spiro atoms. The van der Waals surface area contributed by atoms with E-state index in [0.717, 1.165) is 0 Å². The number of hydrogen-bond donors (Lipinski definition) is 3. The number of aliphatic carboxylic acids is 1. The van der Waals surface area contributed by atoms with E-state index in [4.69, 9.17) is 10.8 Å². The summed E-state index contributed by atoms with van der Waals surface area (Å²) in [6.07, 6.45) is 2.82. The first kappa shape index (κ1) is 10.6. The number of carbonyl (C=O) groups excluding carboxylic acids is 1. The average molecular weight is 172 g/mol. The van der Waals surface area contributed by atoms with E-state index in [1.54, 1.807) is 0 Å². The molecule has 0 saturated heterocycles. The summed E-state index contributed by atoms with van der Waals surface area (Å²) in [6, 6.07) is -0.981. The van der Waals surface area contributed by atoms with E-state index in [2.05, 4.69) is 5.32 Å². The maximum Gasteiger partial charge on any atom is 0.330 e. The second-order valence-corrected chi connectivity index (χ2v) is 2.18. The Kier molecular flexibility index (Phi) is 4.71. The van der Waals surface area contributed by atoms with Gasteiger partial charge >= 0.3 is 5.97 Å². The van der Waals surface area contributed by atoms with Crippen molar-refractivity contribution in [2.45, 2.75) is 13.0 Å². The Morgan fingerprint density at radius 2 is 2.25 bits per heavy atom. The lowest BCUT2D eigenvalue weighted by molar-refractivity contribution is -0.140. The third-order valence-electron chi connectivity index (χ3n) is 1.09. The van der Waals surface area contributed by atoms with Crippen LogP contribution in [0.25, 0.3) is 0 Å². The summed E-state index contributed by atoms with van der Waals surface area (Å²) in [4.78, 5) is 20.9. The quantitative estimate of drug-likeness (QED) is 0.479. The van der Waals surface area contributed by atoms with Crippen LogP contribution in [0, 0.1) is 0 Å². The number of carboxylic acids is 1. The van der Waals surface area contributed by atoms with Gasteiger partial charge in [0, 0.05) is 13.5 Å². The number of amides is 1. The maximum atomic E-state index is 10.5. The van der Waals surface area contributed by atoms with E-state index < -0.39 is 12.0 Å². The van der Waals surface area contributed by atoms with Crippen molar-refractivity contribution in [3.8, 4) is 0 Å². The zero-order valence-corrected chi connectivity index (χ0v) is 6.78. The van der Waals surface area contributed by atoms with Gasteiger partial charge < -0.3 is 16.2 Å². The molecule has 0 radical (unpaired) electrons. The van der Waals surface area contributed by atoms with Crippen molar-refractivity contribution in [1.29, 1.82) is 0 Å². The molecule has 5 nitrogen and oxygen atoms in total. The second kappa shape index (κ2) is 5.31. The van der Waals surface area contributed by atoms with Crippen molar-refractivity contribution < 1.29 is 14.7 Å². The standard InChI is InChI=1S/C7H12N2O3/c1-5(10)9-6(7(11)12)3-2-4-8/h2-3,6H,4,8H2,1H3,(H,9,10)(H,11,12)/b3-2+. The SMILES string of the molecule is CC(=O)NC(/C=C/CN)C(=O)O. The minimum Gasteiger partial charge on any atom is -0.479 e. The van der Waals surface area contributed by atoms with Crippen LogP contribution in [0.1, 0.15) is 6.92 Å². The topological polar surface area (TPSA) is 92.4 Å². The fourth-order valence-corrected chi connectivity index (χ4v) is 0.626. The summed E-state index contributed by atoms with van der Waals surface area (Å²) < 4.78 is 0. The zero-order chi connectivity index (χ0) is 9.56. The van der Waals surface area contributed by atoms with Crippen molar-refractivity contribution in [2.24, 2.45) is 5.73 Å². The van der Waals surface area contributed by atoms with Crippen LogP contribution in [0.15, 0.2) is 12.2 Å². The lowest BCUT2D eigenvalue weighted by Crippen LogP contribution is -2.38. The predicted molar refractivity (Wildman–Crippen MR) is 43.4 cm³/mol. The van der Waals surface area contributed by atoms with Crippen LogP contribution < -0.4 is 11.1 Å². The molecule has 0 aliphatic carbocycles. The van der Waals surface area contributed by atoms with Gasteiger partial charge in [0.25, 0.3) is 0 Å². The van der Waals surface area contributed by atoms with Crippen LogP contribution in [0.3, 0.4) is 0 Å². The van der Waals surface area contributed by atoms with Crippen molar-refractivity contribution in [3.05, 3.63) is 12.2 Å². The third-order valence-corrected chi connectivity index (χ3v) is 1.09. The molecule has 0 rings (SSSR count). The largest absolute Gasteiger partial charge is 0.479 e. The van der Waals surface area contributed by atoms with E-state index >= 15 is 0 Å². The lowest BCUT2D eigenvalue weighted by Gasteiger charge is -2.07. The lowest BCUT2D eigenvalue weighted by atomic mass is 10.2. The molecular weight excluding hydrogens is 160 g/mol. The highest BCUT2D eigenvalue weighted by atomic mass is 16.4. The average Bonchev–Trinajstić information content (AvgIpc) is 1.96. The van der Waals surface area contributed by atoms with Crippen LogP contribution in [-0.2, 0) is 9.59 Å². The molecule has 0 heterocycles. The molecular formula is C7H12N2O3. The molecule has 1 unspecified atom stereocenters. The summed E-state index contributed by atoms with van der Waals surface area (Å²) >= 11 is 0. The fraction of sp³-hybridized carbons (Fsp3) is 0.429. The van der Waals surface area contributed by atoms with Crippen LogP contribution in [0.5, 0.6) is 0 Å². The number of carboxylic acid groups (broad SMARTS) is 1. The van der Waals surface area contributed by atoms with Gasteiger partial charge in [-0.15, -0.1) is 0 Å². The van der Waals surface area contributed by atoms with Gasteiger partial charge in [-0.1, -0.05) is 12.2 Å². The van der Waals surface area contributed by atoms with Gasteiger partial charge in [-0.2, -0.15) is 0 Å². The van der Waals surface area contributed by atoms with Gasteiger partial charge in [0.15, 0.2) is 0 Å². The molecule has 4 N–H and O–H groups in total. The monoisotopic (exact) mass is 172 g/mol. The molecule has 0 bridgehead atoms. The van der Waals surface area contributed by atoms with Crippen LogP contribution in [0.4, 0.5) is 0 Å². The van der Waals surface area contributed by atoms with E-state index in [1.165, 1.54) is 19.1 Å². The summed E-state index contributed by atoms with van der Waals surface area (Å²) in [5.41, 5.74) is 5.12. The summed E-state index contributed by atoms with van der Waals surface area (Å²) in [7, 11) is 0. The normalized spacial score (nSPS) is 12.8. The van der Waals surface area contributed by atoms with Crippen LogP contribution >= 0.6 is 0 Å². The van der Waals surface area contributed by atoms with Crippen LogP contribution in [-0.4, -0.2) is 29.6 Å². The molecule has 0 saturated carbocycles. The number of nitrogens with one attached hydrogen (secondary N) is 1. The molecule has 0 aromatic rings. The third kappa shape index (κ3) is 4.45. The molecule has 1 atom stereocenters. The molecule has 12 heavy (non-hydrogen) atoms. The first-order chi connectivity index (χ1) is 5.57. The molecule has 0 aromatic heterocycles. The van der Waals surface area contributed by atoms with Crippen molar-refractivity contribution in [1.82, 2.24) is 5.32 Å². The second-order valence-electron chi connectivity index (χ2n) is 2.18. The van der Waals surface area contributed by atoms with Crippen molar-refractivity contribution in [3.63, 3.8) is 0 Å². The summed E-state index contributed by atoms with van der Waals surface area (Å²) in [6.45, 7) is 1.51. The Morgan fingerprint density at radius 3 is 2.58 bits per heavy atom. The number of nitrogens with two attached hydrogens (primary N) is 1. The highest BCUT2D eigenvalue weighted by Gasteiger charge is 2.13. The van der Waals surface area contributed by atoms with E-state index in [0.29, 0.717) is 0 Å². The Hall–Kier alpha value is -1.36. The first-order valence-electron chi connectivity index (χ1n) is 3.44. The van der Waals surface area contributed by atoms with E-state index in [9.17, 15) is 9.59 Å².